The van der Waals surface area contributed by atoms with Gasteiger partial charge in [0.2, 0.25) is 0 Å². The van der Waals surface area contributed by atoms with Crippen LogP contribution in [0, 0.1) is 11.7 Å². The van der Waals surface area contributed by atoms with E-state index in [1.165, 1.54) is 25.0 Å². The maximum atomic E-state index is 13.1. The topological polar surface area (TPSA) is 50.4 Å². The van der Waals surface area contributed by atoms with Crippen molar-refractivity contribution in [2.24, 2.45) is 5.92 Å². The van der Waals surface area contributed by atoms with Gasteiger partial charge in [-0.2, -0.15) is 0 Å². The average Bonchev–Trinajstić information content (AvgIpc) is 3.20. The van der Waals surface area contributed by atoms with Crippen molar-refractivity contribution in [2.75, 3.05) is 20.2 Å². The fourth-order valence-corrected chi connectivity index (χ4v) is 1.79. The highest BCUT2D eigenvalue weighted by atomic mass is 19.1. The van der Waals surface area contributed by atoms with Crippen molar-refractivity contribution in [3.63, 3.8) is 0 Å². The van der Waals surface area contributed by atoms with E-state index in [0.717, 1.165) is 6.54 Å². The van der Waals surface area contributed by atoms with Crippen LogP contribution in [-0.4, -0.2) is 26.1 Å². The number of halogens is 1. The number of hydrogen-bond acceptors (Lipinski definition) is 3. The van der Waals surface area contributed by atoms with E-state index >= 15 is 0 Å². The third kappa shape index (κ3) is 4.52. The van der Waals surface area contributed by atoms with Gasteiger partial charge in [0.15, 0.2) is 6.61 Å². The molecule has 1 amide bonds. The lowest BCUT2D eigenvalue weighted by Gasteiger charge is -2.11. The van der Waals surface area contributed by atoms with Crippen molar-refractivity contribution in [3.8, 4) is 5.75 Å². The molecule has 19 heavy (non-hydrogen) atoms. The van der Waals surface area contributed by atoms with Crippen LogP contribution in [0.2, 0.25) is 0 Å². The van der Waals surface area contributed by atoms with Gasteiger partial charge >= 0.3 is 0 Å². The van der Waals surface area contributed by atoms with Crippen LogP contribution >= 0.6 is 0 Å². The SMILES string of the molecule is CNCc1cc(F)ccc1OCC(=O)NCC1CC1. The zero-order chi connectivity index (χ0) is 13.7. The summed E-state index contributed by atoms with van der Waals surface area (Å²) in [6, 6.07) is 4.29. The molecule has 5 heteroatoms. The van der Waals surface area contributed by atoms with Gasteiger partial charge in [0.05, 0.1) is 0 Å². The summed E-state index contributed by atoms with van der Waals surface area (Å²) in [4.78, 5) is 11.6. The number of benzene rings is 1. The lowest BCUT2D eigenvalue weighted by atomic mass is 10.2. The van der Waals surface area contributed by atoms with Gasteiger partial charge in [0.1, 0.15) is 11.6 Å². The molecule has 1 saturated carbocycles. The molecular weight excluding hydrogens is 247 g/mol. The van der Waals surface area contributed by atoms with Crippen LogP contribution in [0.25, 0.3) is 0 Å². The number of rotatable bonds is 7. The van der Waals surface area contributed by atoms with Crippen molar-refractivity contribution >= 4 is 5.91 Å². The second kappa shape index (κ2) is 6.52. The fraction of sp³-hybridized carbons (Fsp3) is 0.500. The Kier molecular flexibility index (Phi) is 4.74. The van der Waals surface area contributed by atoms with Crippen molar-refractivity contribution in [2.45, 2.75) is 19.4 Å². The predicted octanol–water partition coefficient (Wildman–Crippen LogP) is 1.45. The molecule has 1 aliphatic carbocycles. The van der Waals surface area contributed by atoms with E-state index in [0.29, 0.717) is 23.8 Å². The molecule has 0 heterocycles. The smallest absolute Gasteiger partial charge is 0.257 e. The molecule has 0 atom stereocenters. The van der Waals surface area contributed by atoms with Crippen molar-refractivity contribution < 1.29 is 13.9 Å². The Morgan fingerprint density at radius 3 is 2.95 bits per heavy atom. The van der Waals surface area contributed by atoms with Crippen LogP contribution < -0.4 is 15.4 Å². The largest absolute Gasteiger partial charge is 0.483 e. The summed E-state index contributed by atoms with van der Waals surface area (Å²) in [7, 11) is 1.77. The molecular formula is C14H19FN2O2. The molecule has 0 aliphatic heterocycles. The summed E-state index contributed by atoms with van der Waals surface area (Å²) in [5.74, 6) is 0.745. The summed E-state index contributed by atoms with van der Waals surface area (Å²) in [5, 5.41) is 5.76. The Morgan fingerprint density at radius 2 is 2.26 bits per heavy atom. The van der Waals surface area contributed by atoms with Crippen LogP contribution in [0.4, 0.5) is 4.39 Å². The van der Waals surface area contributed by atoms with Crippen LogP contribution in [0.15, 0.2) is 18.2 Å². The second-order valence-electron chi connectivity index (χ2n) is 4.82. The second-order valence-corrected chi connectivity index (χ2v) is 4.82. The normalized spacial score (nSPS) is 14.2. The lowest BCUT2D eigenvalue weighted by molar-refractivity contribution is -0.123. The van der Waals surface area contributed by atoms with Gasteiger partial charge in [-0.3, -0.25) is 4.79 Å². The van der Waals surface area contributed by atoms with Gasteiger partial charge in [-0.25, -0.2) is 4.39 Å². The highest BCUT2D eigenvalue weighted by Gasteiger charge is 2.21. The molecule has 0 unspecified atom stereocenters. The molecule has 1 aromatic rings. The Labute approximate surface area is 112 Å². The number of hydrogen-bond donors (Lipinski definition) is 2. The molecule has 2 N–H and O–H groups in total. The summed E-state index contributed by atoms with van der Waals surface area (Å²) in [6.45, 7) is 1.20. The molecule has 0 spiro atoms. The summed E-state index contributed by atoms with van der Waals surface area (Å²) < 4.78 is 18.6. The third-order valence-electron chi connectivity index (χ3n) is 3.03. The first kappa shape index (κ1) is 13.8. The molecule has 1 fully saturated rings. The number of ether oxygens (including phenoxy) is 1. The first-order valence-corrected chi connectivity index (χ1v) is 6.51. The standard InChI is InChI=1S/C14H19FN2O2/c1-16-8-11-6-12(15)4-5-13(11)19-9-14(18)17-7-10-2-3-10/h4-6,10,16H,2-3,7-9H2,1H3,(H,17,18). The van der Waals surface area contributed by atoms with Crippen LogP contribution in [-0.2, 0) is 11.3 Å². The molecule has 0 aromatic heterocycles. The molecule has 0 bridgehead atoms. The van der Waals surface area contributed by atoms with Gasteiger partial charge in [0.25, 0.3) is 5.91 Å². The summed E-state index contributed by atoms with van der Waals surface area (Å²) >= 11 is 0. The average molecular weight is 266 g/mol. The Balaban J connectivity index is 1.84. The maximum Gasteiger partial charge on any atom is 0.257 e. The Morgan fingerprint density at radius 1 is 1.47 bits per heavy atom. The van der Waals surface area contributed by atoms with E-state index in [1.54, 1.807) is 13.1 Å². The lowest BCUT2D eigenvalue weighted by Crippen LogP contribution is -2.30. The quantitative estimate of drug-likeness (QED) is 0.785. The monoisotopic (exact) mass is 266 g/mol. The van der Waals surface area contributed by atoms with Gasteiger partial charge in [-0.05, 0) is 44.0 Å². The van der Waals surface area contributed by atoms with Crippen molar-refractivity contribution in [1.82, 2.24) is 10.6 Å². The predicted molar refractivity (Wildman–Crippen MR) is 70.4 cm³/mol. The summed E-state index contributed by atoms with van der Waals surface area (Å²) in [5.41, 5.74) is 0.706. The van der Waals surface area contributed by atoms with E-state index in [9.17, 15) is 9.18 Å². The zero-order valence-corrected chi connectivity index (χ0v) is 11.0. The first-order chi connectivity index (χ1) is 9.19. The van der Waals surface area contributed by atoms with E-state index in [-0.39, 0.29) is 18.3 Å². The summed E-state index contributed by atoms with van der Waals surface area (Å²) in [6.07, 6.45) is 2.40. The molecule has 1 aromatic carbocycles. The molecule has 4 nitrogen and oxygen atoms in total. The van der Waals surface area contributed by atoms with Crippen LogP contribution in [0.3, 0.4) is 0 Å². The molecule has 104 valence electrons. The van der Waals surface area contributed by atoms with E-state index in [2.05, 4.69) is 10.6 Å². The van der Waals surface area contributed by atoms with Crippen molar-refractivity contribution in [3.05, 3.63) is 29.6 Å². The van der Waals surface area contributed by atoms with Gasteiger partial charge in [-0.1, -0.05) is 0 Å². The third-order valence-corrected chi connectivity index (χ3v) is 3.03. The Hall–Kier alpha value is -1.62. The molecule has 0 saturated heterocycles. The fourth-order valence-electron chi connectivity index (χ4n) is 1.79. The number of nitrogens with one attached hydrogen (secondary N) is 2. The van der Waals surface area contributed by atoms with E-state index in [4.69, 9.17) is 4.74 Å². The van der Waals surface area contributed by atoms with Gasteiger partial charge in [-0.15, -0.1) is 0 Å². The van der Waals surface area contributed by atoms with Gasteiger partial charge in [0, 0.05) is 18.7 Å². The van der Waals surface area contributed by atoms with Crippen molar-refractivity contribution in [1.29, 1.82) is 0 Å². The maximum absolute atomic E-state index is 13.1. The zero-order valence-electron chi connectivity index (χ0n) is 11.0. The van der Waals surface area contributed by atoms with Gasteiger partial charge < -0.3 is 15.4 Å². The van der Waals surface area contributed by atoms with Crippen LogP contribution in [0.1, 0.15) is 18.4 Å². The first-order valence-electron chi connectivity index (χ1n) is 6.51. The molecule has 2 rings (SSSR count). The molecule has 0 radical (unpaired) electrons. The van der Waals surface area contributed by atoms with Crippen LogP contribution in [0.5, 0.6) is 5.75 Å². The minimum absolute atomic E-state index is 0.0327. The van der Waals surface area contributed by atoms with E-state index < -0.39 is 0 Å². The number of amides is 1. The Bertz CT molecular complexity index is 447. The minimum atomic E-state index is -0.309. The highest BCUT2D eigenvalue weighted by Crippen LogP contribution is 2.27. The number of carbonyl (C=O) groups is 1. The minimum Gasteiger partial charge on any atom is -0.483 e. The highest BCUT2D eigenvalue weighted by molar-refractivity contribution is 5.77. The number of carbonyl (C=O) groups excluding carboxylic acids is 1. The molecule has 1 aliphatic rings. The van der Waals surface area contributed by atoms with E-state index in [1.807, 2.05) is 0 Å².